The van der Waals surface area contributed by atoms with Crippen LogP contribution in [0.25, 0.3) is 0 Å². The Morgan fingerprint density at radius 3 is 2.86 bits per heavy atom. The molecule has 0 radical (unpaired) electrons. The van der Waals surface area contributed by atoms with Gasteiger partial charge >= 0.3 is 0 Å². The molecule has 0 unspecified atom stereocenters. The van der Waals surface area contributed by atoms with Gasteiger partial charge in [0, 0.05) is 41.1 Å². The summed E-state index contributed by atoms with van der Waals surface area (Å²) in [4.78, 5) is 14.7. The Labute approximate surface area is 88.1 Å². The second-order valence-electron chi connectivity index (χ2n) is 3.25. The fourth-order valence-corrected chi connectivity index (χ4v) is 2.02. The highest BCUT2D eigenvalue weighted by Gasteiger charge is 2.04. The van der Waals surface area contributed by atoms with Crippen LogP contribution in [0, 0.1) is 13.8 Å². The molecule has 78 valence electrons. The van der Waals surface area contributed by atoms with Crippen LogP contribution >= 0.6 is 11.8 Å². The fourth-order valence-electron chi connectivity index (χ4n) is 1.21. The molecule has 0 aromatic carbocycles. The molecule has 0 spiro atoms. The first kappa shape index (κ1) is 11.3. The van der Waals surface area contributed by atoms with Crippen molar-refractivity contribution in [3.8, 4) is 0 Å². The summed E-state index contributed by atoms with van der Waals surface area (Å²) < 4.78 is 0. The molecule has 0 aliphatic heterocycles. The van der Waals surface area contributed by atoms with Crippen molar-refractivity contribution in [3.05, 3.63) is 33.2 Å². The van der Waals surface area contributed by atoms with Gasteiger partial charge in [-0.1, -0.05) is 0 Å². The summed E-state index contributed by atoms with van der Waals surface area (Å²) in [6.07, 6.45) is 1.77. The van der Waals surface area contributed by atoms with E-state index < -0.39 is 0 Å². The van der Waals surface area contributed by atoms with E-state index >= 15 is 0 Å². The van der Waals surface area contributed by atoms with Crippen molar-refractivity contribution in [2.24, 2.45) is 5.73 Å². The molecular weight excluding hydrogens is 196 g/mol. The topological polar surface area (TPSA) is 58.9 Å². The summed E-state index contributed by atoms with van der Waals surface area (Å²) in [6, 6.07) is 0. The molecule has 0 fully saturated rings. The number of nitrogens with two attached hydrogens (primary N) is 1. The van der Waals surface area contributed by atoms with Gasteiger partial charge in [0.2, 0.25) is 0 Å². The van der Waals surface area contributed by atoms with Crippen molar-refractivity contribution in [1.29, 1.82) is 0 Å². The number of hydrogen-bond donors (Lipinski definition) is 2. The number of H-pyrrole nitrogens is 1. The van der Waals surface area contributed by atoms with Gasteiger partial charge in [0.1, 0.15) is 0 Å². The Morgan fingerprint density at radius 1 is 1.50 bits per heavy atom. The summed E-state index contributed by atoms with van der Waals surface area (Å²) in [7, 11) is 0. The van der Waals surface area contributed by atoms with Crippen LogP contribution in [-0.4, -0.2) is 17.3 Å². The Hall–Kier alpha value is -0.740. The SMILES string of the molecule is Cc1c[nH]c(CSCCN)c(C)c1=O. The minimum absolute atomic E-state index is 0.145. The van der Waals surface area contributed by atoms with Crippen LogP contribution in [0.5, 0.6) is 0 Å². The Balaban J connectivity index is 2.79. The van der Waals surface area contributed by atoms with Crippen molar-refractivity contribution in [1.82, 2.24) is 4.98 Å². The first-order chi connectivity index (χ1) is 6.66. The molecule has 0 aliphatic carbocycles. The van der Waals surface area contributed by atoms with Crippen LogP contribution in [-0.2, 0) is 5.75 Å². The summed E-state index contributed by atoms with van der Waals surface area (Å²) in [5.74, 6) is 1.76. The third-order valence-electron chi connectivity index (χ3n) is 2.12. The molecule has 1 aromatic rings. The predicted molar refractivity (Wildman–Crippen MR) is 61.8 cm³/mol. The number of pyridine rings is 1. The highest BCUT2D eigenvalue weighted by atomic mass is 32.2. The van der Waals surface area contributed by atoms with E-state index in [9.17, 15) is 4.79 Å². The lowest BCUT2D eigenvalue weighted by atomic mass is 10.2. The second-order valence-corrected chi connectivity index (χ2v) is 4.35. The molecule has 0 atom stereocenters. The second kappa shape index (κ2) is 5.22. The monoisotopic (exact) mass is 212 g/mol. The molecule has 0 aliphatic rings. The van der Waals surface area contributed by atoms with E-state index in [4.69, 9.17) is 5.73 Å². The number of aromatic nitrogens is 1. The van der Waals surface area contributed by atoms with Crippen molar-refractivity contribution in [3.63, 3.8) is 0 Å². The first-order valence-corrected chi connectivity index (χ1v) is 5.78. The molecule has 3 nitrogen and oxygen atoms in total. The zero-order valence-electron chi connectivity index (χ0n) is 8.59. The van der Waals surface area contributed by atoms with E-state index in [0.717, 1.165) is 28.3 Å². The average molecular weight is 212 g/mol. The number of hydrogen-bond acceptors (Lipinski definition) is 3. The fraction of sp³-hybridized carbons (Fsp3) is 0.500. The first-order valence-electron chi connectivity index (χ1n) is 4.62. The van der Waals surface area contributed by atoms with Gasteiger partial charge in [-0.15, -0.1) is 0 Å². The normalized spacial score (nSPS) is 10.5. The highest BCUT2D eigenvalue weighted by Crippen LogP contribution is 2.10. The van der Waals surface area contributed by atoms with Gasteiger partial charge in [-0.25, -0.2) is 0 Å². The molecule has 0 saturated carbocycles. The summed E-state index contributed by atoms with van der Waals surface area (Å²) in [6.45, 7) is 4.37. The van der Waals surface area contributed by atoms with Crippen LogP contribution < -0.4 is 11.2 Å². The quantitative estimate of drug-likeness (QED) is 0.737. The van der Waals surface area contributed by atoms with Crippen molar-refractivity contribution >= 4 is 11.8 Å². The maximum absolute atomic E-state index is 11.6. The van der Waals surface area contributed by atoms with E-state index in [-0.39, 0.29) is 5.43 Å². The molecule has 1 heterocycles. The van der Waals surface area contributed by atoms with Crippen molar-refractivity contribution in [2.45, 2.75) is 19.6 Å². The molecule has 0 amide bonds. The molecule has 14 heavy (non-hydrogen) atoms. The summed E-state index contributed by atoms with van der Waals surface area (Å²) >= 11 is 1.74. The molecular formula is C10H16N2OS. The largest absolute Gasteiger partial charge is 0.364 e. The van der Waals surface area contributed by atoms with Crippen LogP contribution in [0.2, 0.25) is 0 Å². The Bertz CT molecular complexity index is 360. The summed E-state index contributed by atoms with van der Waals surface area (Å²) in [5.41, 5.74) is 8.15. The van der Waals surface area contributed by atoms with E-state index in [1.165, 1.54) is 0 Å². The standard InChI is InChI=1S/C10H16N2OS/c1-7-5-12-9(6-14-4-3-11)8(2)10(7)13/h5H,3-4,6,11H2,1-2H3,(H,12,13). The highest BCUT2D eigenvalue weighted by molar-refractivity contribution is 7.98. The Morgan fingerprint density at radius 2 is 2.21 bits per heavy atom. The molecule has 3 N–H and O–H groups in total. The van der Waals surface area contributed by atoms with Crippen LogP contribution in [0.15, 0.2) is 11.0 Å². The summed E-state index contributed by atoms with van der Waals surface area (Å²) in [5, 5.41) is 0. The van der Waals surface area contributed by atoms with Gasteiger partial charge in [-0.05, 0) is 13.8 Å². The van der Waals surface area contributed by atoms with Gasteiger partial charge < -0.3 is 10.7 Å². The molecule has 1 aromatic heterocycles. The average Bonchev–Trinajstić information content (AvgIpc) is 2.18. The third kappa shape index (κ3) is 2.62. The minimum Gasteiger partial charge on any atom is -0.364 e. The molecule has 0 bridgehead atoms. The number of rotatable bonds is 4. The van der Waals surface area contributed by atoms with E-state index in [0.29, 0.717) is 6.54 Å². The van der Waals surface area contributed by atoms with Crippen LogP contribution in [0.1, 0.15) is 16.8 Å². The van der Waals surface area contributed by atoms with Crippen LogP contribution in [0.3, 0.4) is 0 Å². The molecule has 4 heteroatoms. The van der Waals surface area contributed by atoms with Crippen LogP contribution in [0.4, 0.5) is 0 Å². The lowest BCUT2D eigenvalue weighted by Crippen LogP contribution is -2.13. The maximum atomic E-state index is 11.6. The smallest absolute Gasteiger partial charge is 0.187 e. The Kier molecular flexibility index (Phi) is 4.22. The number of aromatic amines is 1. The molecule has 0 saturated heterocycles. The van der Waals surface area contributed by atoms with Gasteiger partial charge in [0.25, 0.3) is 0 Å². The van der Waals surface area contributed by atoms with E-state index in [1.807, 2.05) is 13.8 Å². The van der Waals surface area contributed by atoms with E-state index in [2.05, 4.69) is 4.98 Å². The third-order valence-corrected chi connectivity index (χ3v) is 3.14. The maximum Gasteiger partial charge on any atom is 0.187 e. The van der Waals surface area contributed by atoms with Gasteiger partial charge in [-0.3, -0.25) is 4.79 Å². The lowest BCUT2D eigenvalue weighted by Gasteiger charge is -2.05. The minimum atomic E-state index is 0.145. The number of thioether (sulfide) groups is 1. The number of nitrogens with one attached hydrogen (secondary N) is 1. The zero-order valence-corrected chi connectivity index (χ0v) is 9.41. The van der Waals surface area contributed by atoms with E-state index in [1.54, 1.807) is 18.0 Å². The number of aryl methyl sites for hydroxylation is 1. The lowest BCUT2D eigenvalue weighted by molar-refractivity contribution is 1.07. The van der Waals surface area contributed by atoms with Gasteiger partial charge in [-0.2, -0.15) is 11.8 Å². The predicted octanol–water partition coefficient (Wildman–Crippen LogP) is 1.18. The molecule has 1 rings (SSSR count). The zero-order chi connectivity index (χ0) is 10.6. The van der Waals surface area contributed by atoms with Gasteiger partial charge in [0.15, 0.2) is 5.43 Å². The van der Waals surface area contributed by atoms with Gasteiger partial charge in [0.05, 0.1) is 0 Å². The van der Waals surface area contributed by atoms with Crippen molar-refractivity contribution in [2.75, 3.05) is 12.3 Å². The van der Waals surface area contributed by atoms with Crippen molar-refractivity contribution < 1.29 is 0 Å².